The first-order valence-electron chi connectivity index (χ1n) is 6.07. The fraction of sp³-hybridized carbons (Fsp3) is 0.286. The molecule has 106 valence electrons. The maximum absolute atomic E-state index is 11.9. The molecular weight excluding hydrogens is 260 g/mol. The monoisotopic (exact) mass is 276 g/mol. The molecule has 1 heterocycles. The van der Waals surface area contributed by atoms with Gasteiger partial charge in [-0.1, -0.05) is 12.1 Å². The van der Waals surface area contributed by atoms with Gasteiger partial charge in [0.15, 0.2) is 0 Å². The summed E-state index contributed by atoms with van der Waals surface area (Å²) in [5.41, 5.74) is 1.60. The molecule has 6 heteroatoms. The van der Waals surface area contributed by atoms with Crippen LogP contribution >= 0.6 is 0 Å². The van der Waals surface area contributed by atoms with Gasteiger partial charge < -0.3 is 20.1 Å². The number of hydrogen-bond acceptors (Lipinski definition) is 4. The average Bonchev–Trinajstić information content (AvgIpc) is 2.45. The Kier molecular flexibility index (Phi) is 3.93. The minimum absolute atomic E-state index is 0.358. The van der Waals surface area contributed by atoms with Crippen molar-refractivity contribution in [2.75, 3.05) is 14.2 Å². The van der Waals surface area contributed by atoms with Crippen molar-refractivity contribution in [3.05, 3.63) is 41.1 Å². The van der Waals surface area contributed by atoms with Gasteiger partial charge in [-0.25, -0.2) is 9.59 Å². The van der Waals surface area contributed by atoms with Crippen LogP contribution in [0.5, 0.6) is 5.75 Å². The predicted molar refractivity (Wildman–Crippen MR) is 72.1 cm³/mol. The largest absolute Gasteiger partial charge is 0.497 e. The van der Waals surface area contributed by atoms with Gasteiger partial charge in [0.1, 0.15) is 5.75 Å². The maximum Gasteiger partial charge on any atom is 0.337 e. The van der Waals surface area contributed by atoms with E-state index in [4.69, 9.17) is 9.47 Å². The first kappa shape index (κ1) is 13.9. The van der Waals surface area contributed by atoms with E-state index in [1.54, 1.807) is 32.2 Å². The molecule has 2 amide bonds. The number of amides is 2. The van der Waals surface area contributed by atoms with Crippen molar-refractivity contribution < 1.29 is 19.1 Å². The van der Waals surface area contributed by atoms with Crippen LogP contribution < -0.4 is 15.4 Å². The summed E-state index contributed by atoms with van der Waals surface area (Å²) in [5, 5.41) is 5.29. The molecule has 1 aromatic carbocycles. The van der Waals surface area contributed by atoms with E-state index in [0.29, 0.717) is 17.0 Å². The van der Waals surface area contributed by atoms with Gasteiger partial charge >= 0.3 is 12.0 Å². The SMILES string of the molecule is COC(=O)C1=C(C)NC(=O)NC1c1cccc(OC)c1. The molecule has 2 rings (SSSR count). The second-order valence-corrected chi connectivity index (χ2v) is 4.34. The minimum Gasteiger partial charge on any atom is -0.497 e. The molecule has 1 unspecified atom stereocenters. The van der Waals surface area contributed by atoms with Crippen LogP contribution in [0.15, 0.2) is 35.5 Å². The number of rotatable bonds is 3. The summed E-state index contributed by atoms with van der Waals surface area (Å²) < 4.78 is 9.95. The number of ether oxygens (including phenoxy) is 2. The number of benzene rings is 1. The third-order valence-electron chi connectivity index (χ3n) is 3.10. The summed E-state index contributed by atoms with van der Waals surface area (Å²) in [5.74, 6) is 0.167. The zero-order valence-electron chi connectivity index (χ0n) is 11.5. The number of esters is 1. The summed E-state index contributed by atoms with van der Waals surface area (Å²) >= 11 is 0. The third-order valence-corrected chi connectivity index (χ3v) is 3.10. The lowest BCUT2D eigenvalue weighted by Crippen LogP contribution is -2.45. The van der Waals surface area contributed by atoms with E-state index in [-0.39, 0.29) is 6.03 Å². The molecule has 0 aromatic heterocycles. The summed E-state index contributed by atoms with van der Waals surface area (Å²) in [4.78, 5) is 23.5. The highest BCUT2D eigenvalue weighted by Gasteiger charge is 2.31. The number of hydrogen-bond donors (Lipinski definition) is 2. The molecule has 0 spiro atoms. The van der Waals surface area contributed by atoms with Gasteiger partial charge in [-0.15, -0.1) is 0 Å². The molecule has 6 nitrogen and oxygen atoms in total. The number of carbonyl (C=O) groups is 2. The van der Waals surface area contributed by atoms with E-state index in [2.05, 4.69) is 10.6 Å². The van der Waals surface area contributed by atoms with Gasteiger partial charge in [0.25, 0.3) is 0 Å². The Morgan fingerprint density at radius 3 is 2.70 bits per heavy atom. The Labute approximate surface area is 116 Å². The fourth-order valence-electron chi connectivity index (χ4n) is 2.15. The van der Waals surface area contributed by atoms with Crippen molar-refractivity contribution >= 4 is 12.0 Å². The zero-order chi connectivity index (χ0) is 14.7. The Hall–Kier alpha value is -2.50. The lowest BCUT2D eigenvalue weighted by Gasteiger charge is -2.27. The lowest BCUT2D eigenvalue weighted by atomic mass is 9.95. The second-order valence-electron chi connectivity index (χ2n) is 4.34. The van der Waals surface area contributed by atoms with Gasteiger partial charge in [-0.05, 0) is 24.6 Å². The van der Waals surface area contributed by atoms with E-state index in [1.165, 1.54) is 7.11 Å². The quantitative estimate of drug-likeness (QED) is 0.820. The molecule has 0 fully saturated rings. The van der Waals surface area contributed by atoms with Crippen LogP contribution in [0.25, 0.3) is 0 Å². The Morgan fingerprint density at radius 2 is 2.05 bits per heavy atom. The summed E-state index contributed by atoms with van der Waals surface area (Å²) in [6, 6.07) is 6.25. The van der Waals surface area contributed by atoms with Crippen LogP contribution in [0.4, 0.5) is 4.79 Å². The first-order chi connectivity index (χ1) is 9.56. The van der Waals surface area contributed by atoms with Gasteiger partial charge in [0.2, 0.25) is 0 Å². The van der Waals surface area contributed by atoms with Gasteiger partial charge in [-0.2, -0.15) is 0 Å². The topological polar surface area (TPSA) is 76.7 Å². The highest BCUT2D eigenvalue weighted by atomic mass is 16.5. The molecule has 0 bridgehead atoms. The number of methoxy groups -OCH3 is 2. The van der Waals surface area contributed by atoms with Crippen molar-refractivity contribution in [3.8, 4) is 5.75 Å². The molecule has 1 aromatic rings. The van der Waals surface area contributed by atoms with Crippen molar-refractivity contribution in [3.63, 3.8) is 0 Å². The smallest absolute Gasteiger partial charge is 0.337 e. The highest BCUT2D eigenvalue weighted by molar-refractivity contribution is 5.94. The number of carbonyl (C=O) groups excluding carboxylic acids is 2. The van der Waals surface area contributed by atoms with E-state index >= 15 is 0 Å². The van der Waals surface area contributed by atoms with E-state index in [9.17, 15) is 9.59 Å². The number of urea groups is 1. The molecule has 20 heavy (non-hydrogen) atoms. The van der Waals surface area contributed by atoms with Crippen LogP contribution in [0.2, 0.25) is 0 Å². The lowest BCUT2D eigenvalue weighted by molar-refractivity contribution is -0.136. The number of nitrogens with one attached hydrogen (secondary N) is 2. The molecule has 1 aliphatic heterocycles. The Balaban J connectivity index is 2.48. The molecular formula is C14H16N2O4. The summed E-state index contributed by atoms with van der Waals surface area (Å²) in [6.07, 6.45) is 0. The molecule has 2 N–H and O–H groups in total. The van der Waals surface area contributed by atoms with Crippen LogP contribution in [-0.2, 0) is 9.53 Å². The zero-order valence-corrected chi connectivity index (χ0v) is 11.5. The third kappa shape index (κ3) is 2.59. The van der Waals surface area contributed by atoms with Crippen molar-refractivity contribution in [2.45, 2.75) is 13.0 Å². The molecule has 1 atom stereocenters. The van der Waals surface area contributed by atoms with E-state index in [1.807, 2.05) is 6.07 Å². The molecule has 0 aliphatic carbocycles. The fourth-order valence-corrected chi connectivity index (χ4v) is 2.15. The van der Waals surface area contributed by atoms with Crippen molar-refractivity contribution in [1.29, 1.82) is 0 Å². The number of allylic oxidation sites excluding steroid dienone is 1. The van der Waals surface area contributed by atoms with Crippen molar-refractivity contribution in [1.82, 2.24) is 10.6 Å². The second kappa shape index (κ2) is 5.64. The van der Waals surface area contributed by atoms with E-state index in [0.717, 1.165) is 5.56 Å². The summed E-state index contributed by atoms with van der Waals surface area (Å²) in [7, 11) is 2.87. The van der Waals surface area contributed by atoms with Gasteiger partial charge in [0.05, 0.1) is 25.8 Å². The Bertz CT molecular complexity index is 580. The normalized spacial score (nSPS) is 18.1. The Morgan fingerprint density at radius 1 is 1.30 bits per heavy atom. The summed E-state index contributed by atoms with van der Waals surface area (Å²) in [6.45, 7) is 1.66. The molecule has 0 saturated heterocycles. The molecule has 1 aliphatic rings. The predicted octanol–water partition coefficient (Wildman–Crippen LogP) is 1.50. The van der Waals surface area contributed by atoms with Crippen LogP contribution in [-0.4, -0.2) is 26.2 Å². The van der Waals surface area contributed by atoms with Crippen molar-refractivity contribution in [2.24, 2.45) is 0 Å². The minimum atomic E-state index is -0.564. The molecule has 0 radical (unpaired) electrons. The first-order valence-corrected chi connectivity index (χ1v) is 6.07. The maximum atomic E-state index is 11.9. The van der Waals surface area contributed by atoms with Gasteiger partial charge in [-0.3, -0.25) is 0 Å². The van der Waals surface area contributed by atoms with Crippen LogP contribution in [0.1, 0.15) is 18.5 Å². The van der Waals surface area contributed by atoms with Crippen LogP contribution in [0, 0.1) is 0 Å². The average molecular weight is 276 g/mol. The standard InChI is InChI=1S/C14H16N2O4/c1-8-11(13(17)20-3)12(16-14(18)15-8)9-5-4-6-10(7-9)19-2/h4-7,12H,1-3H3,(H2,15,16,18). The van der Waals surface area contributed by atoms with Crippen LogP contribution in [0.3, 0.4) is 0 Å². The molecule has 0 saturated carbocycles. The highest BCUT2D eigenvalue weighted by Crippen LogP contribution is 2.29. The van der Waals surface area contributed by atoms with Gasteiger partial charge in [0, 0.05) is 5.70 Å². The van der Waals surface area contributed by atoms with E-state index < -0.39 is 12.0 Å².